The van der Waals surface area contributed by atoms with Gasteiger partial charge in [0.15, 0.2) is 0 Å². The Labute approximate surface area is 106 Å². The van der Waals surface area contributed by atoms with E-state index in [0.717, 1.165) is 11.3 Å². The van der Waals surface area contributed by atoms with E-state index in [0.29, 0.717) is 16.8 Å². The molecule has 0 saturated carbocycles. The first kappa shape index (κ1) is 12.1. The van der Waals surface area contributed by atoms with Gasteiger partial charge in [-0.15, -0.1) is 11.3 Å². The molecule has 0 fully saturated rings. The molecule has 2 aromatic rings. The van der Waals surface area contributed by atoms with Crippen LogP contribution in [0.2, 0.25) is 0 Å². The Morgan fingerprint density at radius 3 is 2.28 bits per heavy atom. The Kier molecular flexibility index (Phi) is 3.03. The molecule has 5 nitrogen and oxygen atoms in total. The van der Waals surface area contributed by atoms with Gasteiger partial charge in [0.2, 0.25) is 0 Å². The molecule has 0 radical (unpaired) electrons. The molecule has 0 unspecified atom stereocenters. The van der Waals surface area contributed by atoms with Gasteiger partial charge in [-0.3, -0.25) is 0 Å². The van der Waals surface area contributed by atoms with Crippen LogP contribution >= 0.6 is 11.3 Å². The Bertz CT molecular complexity index is 633. The number of aromatic carboxylic acids is 2. The molecule has 92 valence electrons. The van der Waals surface area contributed by atoms with E-state index in [1.165, 1.54) is 18.2 Å². The van der Waals surface area contributed by atoms with Crippen molar-refractivity contribution in [2.45, 2.75) is 0 Å². The molecule has 0 spiro atoms. The zero-order valence-electron chi connectivity index (χ0n) is 9.08. The highest BCUT2D eigenvalue weighted by Gasteiger charge is 2.11. The fourth-order valence-corrected chi connectivity index (χ4v) is 2.30. The zero-order chi connectivity index (χ0) is 13.3. The molecule has 1 heterocycles. The standard InChI is InChI=1S/C12H9NO4S/c13-9-2-6(1-7(3-9)11(14)15)8-4-10(12(16)17)18-5-8/h1-5H,13H2,(H,14,15)(H,16,17). The first-order chi connectivity index (χ1) is 8.47. The molecule has 0 amide bonds. The quantitative estimate of drug-likeness (QED) is 0.738. The van der Waals surface area contributed by atoms with Crippen molar-refractivity contribution < 1.29 is 19.8 Å². The van der Waals surface area contributed by atoms with Crippen molar-refractivity contribution in [2.75, 3.05) is 5.73 Å². The number of hydrogen-bond donors (Lipinski definition) is 3. The lowest BCUT2D eigenvalue weighted by molar-refractivity contribution is 0.0688. The first-order valence-corrected chi connectivity index (χ1v) is 5.81. The summed E-state index contributed by atoms with van der Waals surface area (Å²) in [5, 5.41) is 19.4. The molecule has 2 rings (SSSR count). The lowest BCUT2D eigenvalue weighted by Gasteiger charge is -2.02. The van der Waals surface area contributed by atoms with Gasteiger partial charge < -0.3 is 15.9 Å². The number of thiophene rings is 1. The predicted octanol–water partition coefficient (Wildman–Crippen LogP) is 2.39. The van der Waals surface area contributed by atoms with Crippen molar-refractivity contribution in [1.29, 1.82) is 0 Å². The number of hydrogen-bond acceptors (Lipinski definition) is 4. The Balaban J connectivity index is 2.49. The Hall–Kier alpha value is -2.34. The summed E-state index contributed by atoms with van der Waals surface area (Å²) in [5.41, 5.74) is 7.27. The molecular weight excluding hydrogens is 254 g/mol. The van der Waals surface area contributed by atoms with Crippen molar-refractivity contribution in [3.05, 3.63) is 40.1 Å². The summed E-state index contributed by atoms with van der Waals surface area (Å²) in [6, 6.07) is 5.93. The van der Waals surface area contributed by atoms with E-state index >= 15 is 0 Å². The smallest absolute Gasteiger partial charge is 0.345 e. The number of benzene rings is 1. The number of nitrogens with two attached hydrogens (primary N) is 1. The van der Waals surface area contributed by atoms with E-state index in [-0.39, 0.29) is 10.4 Å². The van der Waals surface area contributed by atoms with Gasteiger partial charge in [-0.1, -0.05) is 0 Å². The third kappa shape index (κ3) is 2.33. The predicted molar refractivity (Wildman–Crippen MR) is 68.1 cm³/mol. The molecule has 4 N–H and O–H groups in total. The average molecular weight is 263 g/mol. The topological polar surface area (TPSA) is 101 Å². The average Bonchev–Trinajstić information content (AvgIpc) is 2.77. The molecule has 0 aliphatic carbocycles. The third-order valence-electron chi connectivity index (χ3n) is 2.35. The second-order valence-corrected chi connectivity index (χ2v) is 4.56. The van der Waals surface area contributed by atoms with Crippen LogP contribution in [0.4, 0.5) is 5.69 Å². The lowest BCUT2D eigenvalue weighted by Crippen LogP contribution is -1.98. The summed E-state index contributed by atoms with van der Waals surface area (Å²) >= 11 is 1.08. The highest BCUT2D eigenvalue weighted by Crippen LogP contribution is 2.28. The van der Waals surface area contributed by atoms with Crippen molar-refractivity contribution in [3.63, 3.8) is 0 Å². The normalized spacial score (nSPS) is 10.2. The van der Waals surface area contributed by atoms with Crippen LogP contribution in [0.25, 0.3) is 11.1 Å². The summed E-state index contributed by atoms with van der Waals surface area (Å²) in [6.45, 7) is 0. The van der Waals surface area contributed by atoms with E-state index in [1.54, 1.807) is 11.4 Å². The van der Waals surface area contributed by atoms with E-state index < -0.39 is 11.9 Å². The van der Waals surface area contributed by atoms with Gasteiger partial charge in [-0.05, 0) is 40.8 Å². The van der Waals surface area contributed by atoms with Crippen LogP contribution in [-0.4, -0.2) is 22.2 Å². The van der Waals surface area contributed by atoms with Crippen LogP contribution in [0.15, 0.2) is 29.6 Å². The molecule has 18 heavy (non-hydrogen) atoms. The fourth-order valence-electron chi connectivity index (χ4n) is 1.54. The number of rotatable bonds is 3. The maximum Gasteiger partial charge on any atom is 0.345 e. The highest BCUT2D eigenvalue weighted by molar-refractivity contribution is 7.12. The summed E-state index contributed by atoms with van der Waals surface area (Å²) < 4.78 is 0. The van der Waals surface area contributed by atoms with Crippen molar-refractivity contribution in [3.8, 4) is 11.1 Å². The summed E-state index contributed by atoms with van der Waals surface area (Å²) in [6.07, 6.45) is 0. The SMILES string of the molecule is Nc1cc(C(=O)O)cc(-c2csc(C(=O)O)c2)c1. The first-order valence-electron chi connectivity index (χ1n) is 4.93. The van der Waals surface area contributed by atoms with Crippen LogP contribution < -0.4 is 5.73 Å². The fraction of sp³-hybridized carbons (Fsp3) is 0. The second-order valence-electron chi connectivity index (χ2n) is 3.65. The summed E-state index contributed by atoms with van der Waals surface area (Å²) in [5.74, 6) is -2.08. The van der Waals surface area contributed by atoms with Gasteiger partial charge in [0, 0.05) is 5.69 Å². The number of carbonyl (C=O) groups is 2. The Morgan fingerprint density at radius 1 is 1.00 bits per heavy atom. The Morgan fingerprint density at radius 2 is 1.72 bits per heavy atom. The summed E-state index contributed by atoms with van der Waals surface area (Å²) in [7, 11) is 0. The van der Waals surface area contributed by atoms with Crippen LogP contribution in [0.3, 0.4) is 0 Å². The van der Waals surface area contributed by atoms with E-state index in [2.05, 4.69) is 0 Å². The minimum atomic E-state index is -1.07. The monoisotopic (exact) mass is 263 g/mol. The molecule has 0 atom stereocenters. The van der Waals surface area contributed by atoms with Gasteiger partial charge in [-0.25, -0.2) is 9.59 Å². The zero-order valence-corrected chi connectivity index (χ0v) is 9.90. The number of nitrogen functional groups attached to an aromatic ring is 1. The van der Waals surface area contributed by atoms with Crippen LogP contribution in [-0.2, 0) is 0 Å². The van der Waals surface area contributed by atoms with Crippen LogP contribution in [0.1, 0.15) is 20.0 Å². The molecule has 0 aliphatic rings. The van der Waals surface area contributed by atoms with E-state index in [4.69, 9.17) is 15.9 Å². The molecule has 0 aliphatic heterocycles. The molecule has 1 aromatic carbocycles. The minimum absolute atomic E-state index is 0.0769. The van der Waals surface area contributed by atoms with E-state index in [1.807, 2.05) is 0 Å². The van der Waals surface area contributed by atoms with Gasteiger partial charge in [0.05, 0.1) is 5.56 Å². The van der Waals surface area contributed by atoms with E-state index in [9.17, 15) is 9.59 Å². The van der Waals surface area contributed by atoms with Gasteiger partial charge in [0.1, 0.15) is 4.88 Å². The highest BCUT2D eigenvalue weighted by atomic mass is 32.1. The maximum absolute atomic E-state index is 10.9. The molecule has 0 bridgehead atoms. The summed E-state index contributed by atoms with van der Waals surface area (Å²) in [4.78, 5) is 21.9. The number of carboxylic acid groups (broad SMARTS) is 2. The molecule has 1 aromatic heterocycles. The van der Waals surface area contributed by atoms with Crippen molar-refractivity contribution in [2.24, 2.45) is 0 Å². The minimum Gasteiger partial charge on any atom is -0.478 e. The van der Waals surface area contributed by atoms with Gasteiger partial charge in [-0.2, -0.15) is 0 Å². The molecular formula is C12H9NO4S. The number of carboxylic acids is 2. The number of anilines is 1. The molecule has 0 saturated heterocycles. The lowest BCUT2D eigenvalue weighted by atomic mass is 10.0. The van der Waals surface area contributed by atoms with Gasteiger partial charge >= 0.3 is 11.9 Å². The largest absolute Gasteiger partial charge is 0.478 e. The second kappa shape index (κ2) is 4.50. The van der Waals surface area contributed by atoms with Gasteiger partial charge in [0.25, 0.3) is 0 Å². The van der Waals surface area contributed by atoms with Crippen LogP contribution in [0.5, 0.6) is 0 Å². The van der Waals surface area contributed by atoms with Crippen molar-refractivity contribution in [1.82, 2.24) is 0 Å². The third-order valence-corrected chi connectivity index (χ3v) is 3.26. The van der Waals surface area contributed by atoms with Crippen molar-refractivity contribution >= 4 is 29.0 Å². The maximum atomic E-state index is 10.9. The van der Waals surface area contributed by atoms with Crippen LogP contribution in [0, 0.1) is 0 Å². The molecule has 6 heteroatoms.